The Balaban J connectivity index is 2.22. The van der Waals surface area contributed by atoms with Gasteiger partial charge in [0.2, 0.25) is 0 Å². The van der Waals surface area contributed by atoms with Gasteiger partial charge in [-0.2, -0.15) is 8.42 Å². The summed E-state index contributed by atoms with van der Waals surface area (Å²) in [7, 11) is -3.62. The summed E-state index contributed by atoms with van der Waals surface area (Å²) >= 11 is 3.25. The van der Waals surface area contributed by atoms with Gasteiger partial charge in [-0.15, -0.1) is 4.40 Å². The number of hydrogen-bond donors (Lipinski definition) is 1. The Morgan fingerprint density at radius 2 is 2.12 bits per heavy atom. The molecule has 7 heteroatoms. The van der Waals surface area contributed by atoms with Crippen LogP contribution in [0.5, 0.6) is 0 Å². The fourth-order valence-corrected chi connectivity index (χ4v) is 3.65. The number of nitrogens with two attached hydrogens (primary N) is 1. The number of hydrazine groups is 1. The first-order valence-corrected chi connectivity index (χ1v) is 7.41. The molecule has 5 nitrogen and oxygen atoms in total. The lowest BCUT2D eigenvalue weighted by Crippen LogP contribution is -2.42. The van der Waals surface area contributed by atoms with Crippen molar-refractivity contribution in [3.63, 3.8) is 0 Å². The van der Waals surface area contributed by atoms with Gasteiger partial charge < -0.3 is 0 Å². The average Bonchev–Trinajstić information content (AvgIpc) is 3.07. The molecule has 2 aliphatic rings. The molecule has 3 rings (SSSR count). The highest BCUT2D eigenvalue weighted by atomic mass is 79.9. The van der Waals surface area contributed by atoms with Gasteiger partial charge in [-0.3, -0.25) is 5.01 Å². The largest absolute Gasteiger partial charge is 0.286 e. The first-order valence-electron chi connectivity index (χ1n) is 5.18. The molecule has 1 saturated carbocycles. The second-order valence-corrected chi connectivity index (χ2v) is 6.67. The molecule has 1 aromatic carbocycles. The van der Waals surface area contributed by atoms with Crippen molar-refractivity contribution in [2.45, 2.75) is 17.7 Å². The van der Waals surface area contributed by atoms with Crippen LogP contribution in [-0.4, -0.2) is 14.3 Å². The van der Waals surface area contributed by atoms with Crippen molar-refractivity contribution in [1.82, 2.24) is 0 Å². The number of fused-ring (bicyclic) bond motifs is 1. The Morgan fingerprint density at radius 3 is 2.76 bits per heavy atom. The average molecular weight is 316 g/mol. The second-order valence-electron chi connectivity index (χ2n) is 4.18. The van der Waals surface area contributed by atoms with Crippen molar-refractivity contribution in [2.24, 2.45) is 16.2 Å². The normalized spacial score (nSPS) is 22.0. The molecular weight excluding hydrogens is 306 g/mol. The van der Waals surface area contributed by atoms with Crippen LogP contribution in [0.4, 0.5) is 5.69 Å². The van der Waals surface area contributed by atoms with Crippen LogP contribution in [-0.2, 0) is 10.0 Å². The maximum atomic E-state index is 12.0. The van der Waals surface area contributed by atoms with Crippen molar-refractivity contribution >= 4 is 37.5 Å². The monoisotopic (exact) mass is 315 g/mol. The van der Waals surface area contributed by atoms with Gasteiger partial charge in [0, 0.05) is 10.4 Å². The summed E-state index contributed by atoms with van der Waals surface area (Å²) < 4.78 is 28.5. The highest BCUT2D eigenvalue weighted by Crippen LogP contribution is 2.39. The van der Waals surface area contributed by atoms with E-state index in [4.69, 9.17) is 5.84 Å². The Hall–Kier alpha value is -0.920. The third-order valence-electron chi connectivity index (χ3n) is 2.86. The molecule has 0 bridgehead atoms. The van der Waals surface area contributed by atoms with Crippen molar-refractivity contribution in [2.75, 3.05) is 5.01 Å². The van der Waals surface area contributed by atoms with Gasteiger partial charge >= 0.3 is 0 Å². The molecule has 0 atom stereocenters. The van der Waals surface area contributed by atoms with Gasteiger partial charge in [-0.1, -0.05) is 15.9 Å². The number of halogens is 1. The SMILES string of the molecule is NN1C(C2CC2)=NS(=O)(=O)c2cc(Br)ccc21. The molecule has 1 fully saturated rings. The highest BCUT2D eigenvalue weighted by Gasteiger charge is 2.38. The minimum absolute atomic E-state index is 0.152. The van der Waals surface area contributed by atoms with Crippen LogP contribution in [0.25, 0.3) is 0 Å². The number of sulfonamides is 1. The van der Waals surface area contributed by atoms with E-state index >= 15 is 0 Å². The van der Waals surface area contributed by atoms with Crippen LogP contribution in [0.15, 0.2) is 32.0 Å². The third-order valence-corrected chi connectivity index (χ3v) is 4.67. The maximum absolute atomic E-state index is 12.0. The fraction of sp³-hybridized carbons (Fsp3) is 0.300. The summed E-state index contributed by atoms with van der Waals surface area (Å²) in [5.74, 6) is 6.57. The second kappa shape index (κ2) is 3.54. The molecule has 0 saturated heterocycles. The first-order chi connectivity index (χ1) is 7.99. The molecular formula is C10H10BrN3O2S. The first kappa shape index (κ1) is 11.2. The minimum atomic E-state index is -3.62. The summed E-state index contributed by atoms with van der Waals surface area (Å²) in [4.78, 5) is 0.152. The number of hydrogen-bond acceptors (Lipinski definition) is 4. The molecule has 1 aliphatic heterocycles. The van der Waals surface area contributed by atoms with E-state index in [1.165, 1.54) is 11.1 Å². The number of benzene rings is 1. The smallest absolute Gasteiger partial charge is 0.264 e. The minimum Gasteiger partial charge on any atom is -0.264 e. The van der Waals surface area contributed by atoms with Gasteiger partial charge in [0.05, 0.1) is 5.69 Å². The number of rotatable bonds is 1. The Bertz CT molecular complexity index is 622. The molecule has 0 aromatic heterocycles. The van der Waals surface area contributed by atoms with Crippen molar-refractivity contribution < 1.29 is 8.42 Å². The summed E-state index contributed by atoms with van der Waals surface area (Å²) in [6, 6.07) is 4.98. The van der Waals surface area contributed by atoms with E-state index in [0.717, 1.165) is 12.8 Å². The summed E-state index contributed by atoms with van der Waals surface area (Å²) in [5.41, 5.74) is 0.491. The molecule has 0 radical (unpaired) electrons. The van der Waals surface area contributed by atoms with Crippen LogP contribution in [0.3, 0.4) is 0 Å². The van der Waals surface area contributed by atoms with Crippen LogP contribution in [0, 0.1) is 5.92 Å². The zero-order valence-corrected chi connectivity index (χ0v) is 11.2. The lowest BCUT2D eigenvalue weighted by atomic mass is 10.3. The van der Waals surface area contributed by atoms with Crippen molar-refractivity contribution in [1.29, 1.82) is 0 Å². The summed E-state index contributed by atoms with van der Waals surface area (Å²) in [6.07, 6.45) is 1.90. The van der Waals surface area contributed by atoms with Crippen molar-refractivity contribution in [3.8, 4) is 0 Å². The summed E-state index contributed by atoms with van der Waals surface area (Å²) in [6.45, 7) is 0. The predicted molar refractivity (Wildman–Crippen MR) is 68.2 cm³/mol. The predicted octanol–water partition coefficient (Wildman–Crippen LogP) is 1.64. The van der Waals surface area contributed by atoms with E-state index in [0.29, 0.717) is 16.0 Å². The summed E-state index contributed by atoms with van der Waals surface area (Å²) in [5, 5.41) is 1.39. The lowest BCUT2D eigenvalue weighted by Gasteiger charge is -2.26. The number of nitrogens with zero attached hydrogens (tertiary/aromatic N) is 2. The molecule has 0 unspecified atom stereocenters. The zero-order chi connectivity index (χ0) is 12.2. The van der Waals surface area contributed by atoms with Crippen LogP contribution < -0.4 is 10.9 Å². The van der Waals surface area contributed by atoms with Gasteiger partial charge in [0.15, 0.2) is 0 Å². The quantitative estimate of drug-likeness (QED) is 0.799. The number of amidine groups is 1. The van der Waals surface area contributed by atoms with Crippen LogP contribution >= 0.6 is 15.9 Å². The Morgan fingerprint density at radius 1 is 1.41 bits per heavy atom. The van der Waals surface area contributed by atoms with Gasteiger partial charge in [0.25, 0.3) is 10.0 Å². The van der Waals surface area contributed by atoms with Gasteiger partial charge in [-0.05, 0) is 31.0 Å². The van der Waals surface area contributed by atoms with Crippen LogP contribution in [0.2, 0.25) is 0 Å². The van der Waals surface area contributed by atoms with E-state index in [1.54, 1.807) is 12.1 Å². The molecule has 1 aromatic rings. The zero-order valence-electron chi connectivity index (χ0n) is 8.80. The standard InChI is InChI=1S/C10H10BrN3O2S/c11-7-3-4-8-9(5-7)17(15,16)13-10(14(8)12)6-1-2-6/h3-6H,1-2,12H2. The molecule has 1 heterocycles. The van der Waals surface area contributed by atoms with Crippen LogP contribution in [0.1, 0.15) is 12.8 Å². The molecule has 90 valence electrons. The van der Waals surface area contributed by atoms with Crippen molar-refractivity contribution in [3.05, 3.63) is 22.7 Å². The molecule has 1 aliphatic carbocycles. The fourth-order valence-electron chi connectivity index (χ4n) is 1.85. The Kier molecular flexibility index (Phi) is 2.33. The maximum Gasteiger partial charge on any atom is 0.286 e. The van der Waals surface area contributed by atoms with Gasteiger partial charge in [-0.25, -0.2) is 5.84 Å². The van der Waals surface area contributed by atoms with E-state index in [9.17, 15) is 8.42 Å². The molecule has 0 spiro atoms. The number of anilines is 1. The lowest BCUT2D eigenvalue weighted by molar-refractivity contribution is 0.596. The van der Waals surface area contributed by atoms with Gasteiger partial charge in [0.1, 0.15) is 10.7 Å². The highest BCUT2D eigenvalue weighted by molar-refractivity contribution is 9.10. The molecule has 2 N–H and O–H groups in total. The van der Waals surface area contributed by atoms with E-state index < -0.39 is 10.0 Å². The third kappa shape index (κ3) is 1.78. The van der Waals surface area contributed by atoms with E-state index in [2.05, 4.69) is 20.3 Å². The Labute approximate surface area is 107 Å². The van der Waals surface area contributed by atoms with E-state index in [1.807, 2.05) is 0 Å². The molecule has 17 heavy (non-hydrogen) atoms. The molecule has 0 amide bonds. The topological polar surface area (TPSA) is 75.8 Å². The van der Waals surface area contributed by atoms with E-state index in [-0.39, 0.29) is 10.8 Å².